The Balaban J connectivity index is 0. The number of aliphatic hydroxyl groups excluding tert-OH is 2. The van der Waals surface area contributed by atoms with Crippen LogP contribution in [0.1, 0.15) is 32.1 Å². The number of unbranched alkanes of at least 4 members (excludes halogenated alkanes) is 1. The molecule has 0 aliphatic heterocycles. The molecule has 0 aromatic heterocycles. The average molecular weight is 207 g/mol. The molecule has 0 amide bonds. The molecule has 5 nitrogen and oxygen atoms in total. The summed E-state index contributed by atoms with van der Waals surface area (Å²) in [6.45, 7) is 0.156. The Morgan fingerprint density at radius 1 is 1.36 bits per heavy atom. The fourth-order valence-electron chi connectivity index (χ4n) is 1.02. The number of ether oxygens (including phenoxy) is 1. The van der Waals surface area contributed by atoms with Crippen molar-refractivity contribution in [1.82, 2.24) is 6.15 Å². The predicted molar refractivity (Wildman–Crippen MR) is 53.2 cm³/mol. The van der Waals surface area contributed by atoms with Gasteiger partial charge >= 0.3 is 5.97 Å². The number of esters is 1. The van der Waals surface area contributed by atoms with Crippen LogP contribution in [-0.2, 0) is 9.53 Å². The molecule has 0 saturated carbocycles. The molecule has 0 aliphatic carbocycles. The van der Waals surface area contributed by atoms with Gasteiger partial charge in [0.15, 0.2) is 0 Å². The van der Waals surface area contributed by atoms with Gasteiger partial charge in [-0.1, -0.05) is 0 Å². The van der Waals surface area contributed by atoms with Crippen LogP contribution in [0.2, 0.25) is 0 Å². The van der Waals surface area contributed by atoms with Crippen LogP contribution in [0.15, 0.2) is 0 Å². The lowest BCUT2D eigenvalue weighted by atomic mass is 10.1. The van der Waals surface area contributed by atoms with Gasteiger partial charge in [-0.2, -0.15) is 0 Å². The molecule has 0 saturated heterocycles. The fourth-order valence-corrected chi connectivity index (χ4v) is 1.02. The smallest absolute Gasteiger partial charge is 0.305 e. The average Bonchev–Trinajstić information content (AvgIpc) is 2.14. The lowest BCUT2D eigenvalue weighted by Gasteiger charge is -2.08. The van der Waals surface area contributed by atoms with Crippen LogP contribution in [0, 0.1) is 0 Å². The van der Waals surface area contributed by atoms with Crippen molar-refractivity contribution in [1.29, 1.82) is 0 Å². The third-order valence-electron chi connectivity index (χ3n) is 1.85. The minimum Gasteiger partial charge on any atom is -0.469 e. The van der Waals surface area contributed by atoms with Gasteiger partial charge in [0.1, 0.15) is 0 Å². The Hall–Kier alpha value is -0.650. The summed E-state index contributed by atoms with van der Waals surface area (Å²) in [6, 6.07) is 0. The molecular weight excluding hydrogens is 186 g/mol. The lowest BCUT2D eigenvalue weighted by Crippen LogP contribution is -2.10. The largest absolute Gasteiger partial charge is 0.469 e. The van der Waals surface area contributed by atoms with Crippen LogP contribution in [-0.4, -0.2) is 36.0 Å². The molecule has 86 valence electrons. The molecule has 14 heavy (non-hydrogen) atoms. The molecule has 0 heterocycles. The minimum atomic E-state index is -0.453. The van der Waals surface area contributed by atoms with Crippen molar-refractivity contribution >= 4 is 5.97 Å². The van der Waals surface area contributed by atoms with E-state index in [4.69, 9.17) is 5.11 Å². The van der Waals surface area contributed by atoms with E-state index in [1.807, 2.05) is 0 Å². The zero-order valence-electron chi connectivity index (χ0n) is 8.74. The van der Waals surface area contributed by atoms with Gasteiger partial charge in [0.2, 0.25) is 0 Å². The van der Waals surface area contributed by atoms with Crippen LogP contribution < -0.4 is 6.15 Å². The molecule has 5 N–H and O–H groups in total. The van der Waals surface area contributed by atoms with Crippen LogP contribution in [0.25, 0.3) is 0 Å². The number of methoxy groups -OCH3 is 1. The van der Waals surface area contributed by atoms with Gasteiger partial charge in [0.25, 0.3) is 0 Å². The maximum atomic E-state index is 10.7. The highest BCUT2D eigenvalue weighted by molar-refractivity contribution is 5.69. The van der Waals surface area contributed by atoms with E-state index in [2.05, 4.69) is 4.74 Å². The second-order valence-electron chi connectivity index (χ2n) is 2.99. The first-order chi connectivity index (χ1) is 6.20. The van der Waals surface area contributed by atoms with Crippen molar-refractivity contribution in [3.05, 3.63) is 0 Å². The Morgan fingerprint density at radius 2 is 2.00 bits per heavy atom. The molecule has 0 bridgehead atoms. The fraction of sp³-hybridized carbons (Fsp3) is 0.889. The van der Waals surface area contributed by atoms with Crippen molar-refractivity contribution in [3.63, 3.8) is 0 Å². The SMILES string of the molecule is COC(=O)CCC(O)CCCCO.N. The number of aliphatic hydroxyl groups is 2. The summed E-state index contributed by atoms with van der Waals surface area (Å²) in [4.78, 5) is 10.7. The molecule has 1 atom stereocenters. The first kappa shape index (κ1) is 15.8. The second-order valence-corrected chi connectivity index (χ2v) is 2.99. The van der Waals surface area contributed by atoms with Crippen molar-refractivity contribution in [2.45, 2.75) is 38.2 Å². The van der Waals surface area contributed by atoms with E-state index in [1.54, 1.807) is 0 Å². The summed E-state index contributed by atoms with van der Waals surface area (Å²) in [5, 5.41) is 17.8. The van der Waals surface area contributed by atoms with E-state index >= 15 is 0 Å². The van der Waals surface area contributed by atoms with E-state index in [1.165, 1.54) is 7.11 Å². The highest BCUT2D eigenvalue weighted by Gasteiger charge is 2.07. The van der Waals surface area contributed by atoms with Crippen LogP contribution in [0.5, 0.6) is 0 Å². The van der Waals surface area contributed by atoms with Crippen LogP contribution >= 0.6 is 0 Å². The lowest BCUT2D eigenvalue weighted by molar-refractivity contribution is -0.141. The Kier molecular flexibility index (Phi) is 11.8. The zero-order valence-corrected chi connectivity index (χ0v) is 8.74. The number of carbonyl (C=O) groups excluding carboxylic acids is 1. The molecular formula is C9H21NO4. The van der Waals surface area contributed by atoms with Gasteiger partial charge in [-0.3, -0.25) is 4.79 Å². The molecule has 5 heteroatoms. The first-order valence-corrected chi connectivity index (χ1v) is 4.56. The van der Waals surface area contributed by atoms with Gasteiger partial charge in [-0.25, -0.2) is 0 Å². The van der Waals surface area contributed by atoms with E-state index in [9.17, 15) is 9.90 Å². The number of hydrogen-bond acceptors (Lipinski definition) is 5. The monoisotopic (exact) mass is 207 g/mol. The quantitative estimate of drug-likeness (QED) is 0.419. The Labute approximate surface area is 84.7 Å². The molecule has 0 aliphatic rings. The summed E-state index contributed by atoms with van der Waals surface area (Å²) in [5.41, 5.74) is 0. The van der Waals surface area contributed by atoms with Crippen molar-refractivity contribution in [2.75, 3.05) is 13.7 Å². The standard InChI is InChI=1S/C9H18O4.H3N/c1-13-9(12)6-5-8(11)4-2-3-7-10;/h8,10-11H,2-7H2,1H3;1H3. The minimum absolute atomic E-state index is 0. The molecule has 0 radical (unpaired) electrons. The summed E-state index contributed by atoms with van der Waals surface area (Å²) < 4.78 is 4.44. The van der Waals surface area contributed by atoms with E-state index < -0.39 is 6.10 Å². The summed E-state index contributed by atoms with van der Waals surface area (Å²) in [7, 11) is 1.33. The molecule has 0 spiro atoms. The van der Waals surface area contributed by atoms with Gasteiger partial charge in [-0.15, -0.1) is 0 Å². The van der Waals surface area contributed by atoms with Gasteiger partial charge in [0, 0.05) is 13.0 Å². The summed E-state index contributed by atoms with van der Waals surface area (Å²) in [5.74, 6) is -0.291. The molecule has 0 fully saturated rings. The third-order valence-corrected chi connectivity index (χ3v) is 1.85. The predicted octanol–water partition coefficient (Wildman–Crippen LogP) is 0.625. The van der Waals surface area contributed by atoms with Gasteiger partial charge in [0.05, 0.1) is 13.2 Å². The molecule has 1 unspecified atom stereocenters. The summed E-state index contributed by atoms with van der Waals surface area (Å²) in [6.07, 6.45) is 2.38. The topological polar surface area (TPSA) is 102 Å². The zero-order chi connectivity index (χ0) is 10.1. The van der Waals surface area contributed by atoms with Crippen molar-refractivity contribution in [2.24, 2.45) is 0 Å². The second kappa shape index (κ2) is 10.4. The Morgan fingerprint density at radius 3 is 2.50 bits per heavy atom. The third kappa shape index (κ3) is 9.44. The maximum absolute atomic E-state index is 10.7. The molecule has 0 aromatic carbocycles. The normalized spacial score (nSPS) is 11.6. The molecule has 0 aromatic rings. The van der Waals surface area contributed by atoms with Crippen molar-refractivity contribution < 1.29 is 19.7 Å². The van der Waals surface area contributed by atoms with Crippen molar-refractivity contribution in [3.8, 4) is 0 Å². The summed E-state index contributed by atoms with van der Waals surface area (Å²) >= 11 is 0. The van der Waals surface area contributed by atoms with Gasteiger partial charge in [-0.05, 0) is 25.7 Å². The van der Waals surface area contributed by atoms with Gasteiger partial charge < -0.3 is 21.1 Å². The number of carbonyl (C=O) groups is 1. The number of rotatable bonds is 7. The van der Waals surface area contributed by atoms with Crippen LogP contribution in [0.3, 0.4) is 0 Å². The van der Waals surface area contributed by atoms with E-state index in [0.717, 1.165) is 6.42 Å². The Bertz CT molecular complexity index is 141. The van der Waals surface area contributed by atoms with E-state index in [0.29, 0.717) is 19.3 Å². The highest BCUT2D eigenvalue weighted by atomic mass is 16.5. The molecule has 0 rings (SSSR count). The van der Waals surface area contributed by atoms with Crippen LogP contribution in [0.4, 0.5) is 0 Å². The first-order valence-electron chi connectivity index (χ1n) is 4.56. The van der Waals surface area contributed by atoms with E-state index in [-0.39, 0.29) is 25.1 Å². The highest BCUT2D eigenvalue weighted by Crippen LogP contribution is 2.06. The number of hydrogen-bond donors (Lipinski definition) is 3. The maximum Gasteiger partial charge on any atom is 0.305 e.